The molecular weight excluding hydrogens is 354 g/mol. The van der Waals surface area contributed by atoms with Gasteiger partial charge < -0.3 is 15.4 Å². The maximum Gasteiger partial charge on any atom is 0.274 e. The summed E-state index contributed by atoms with van der Waals surface area (Å²) < 4.78 is 5.23. The van der Waals surface area contributed by atoms with Gasteiger partial charge in [-0.25, -0.2) is 0 Å². The molecule has 1 heterocycles. The minimum atomic E-state index is -0.425. The van der Waals surface area contributed by atoms with Crippen molar-refractivity contribution in [2.45, 2.75) is 13.3 Å². The van der Waals surface area contributed by atoms with E-state index in [0.29, 0.717) is 22.7 Å². The topological polar surface area (TPSA) is 80.3 Å². The van der Waals surface area contributed by atoms with Crippen molar-refractivity contribution < 1.29 is 14.3 Å². The zero-order valence-electron chi connectivity index (χ0n) is 15.7. The highest BCUT2D eigenvalue weighted by molar-refractivity contribution is 6.08. The van der Waals surface area contributed by atoms with Gasteiger partial charge in [0.05, 0.1) is 12.8 Å². The van der Waals surface area contributed by atoms with Crippen LogP contribution in [0.5, 0.6) is 5.75 Å². The molecule has 1 aromatic heterocycles. The van der Waals surface area contributed by atoms with Crippen molar-refractivity contribution in [3.05, 3.63) is 83.7 Å². The highest BCUT2D eigenvalue weighted by Crippen LogP contribution is 2.23. The molecular formula is C22H21N3O3. The Kier molecular flexibility index (Phi) is 6.01. The normalized spacial score (nSPS) is 10.2. The van der Waals surface area contributed by atoms with E-state index in [1.807, 2.05) is 30.3 Å². The molecule has 0 aliphatic rings. The van der Waals surface area contributed by atoms with Gasteiger partial charge in [0.25, 0.3) is 11.8 Å². The number of anilines is 2. The van der Waals surface area contributed by atoms with Gasteiger partial charge in [0.2, 0.25) is 0 Å². The third-order valence-electron chi connectivity index (χ3n) is 4.23. The Balaban J connectivity index is 1.73. The zero-order chi connectivity index (χ0) is 19.9. The molecule has 2 aromatic carbocycles. The van der Waals surface area contributed by atoms with Gasteiger partial charge in [0.1, 0.15) is 11.4 Å². The van der Waals surface area contributed by atoms with Crippen molar-refractivity contribution in [1.29, 1.82) is 0 Å². The highest BCUT2D eigenvalue weighted by atomic mass is 16.5. The molecule has 2 amide bonds. The van der Waals surface area contributed by atoms with Crippen molar-refractivity contribution in [3.8, 4) is 5.75 Å². The fourth-order valence-electron chi connectivity index (χ4n) is 2.66. The average molecular weight is 375 g/mol. The number of carbonyl (C=O) groups is 2. The predicted octanol–water partition coefficient (Wildman–Crippen LogP) is 4.16. The first kappa shape index (κ1) is 19.1. The van der Waals surface area contributed by atoms with E-state index in [1.165, 1.54) is 24.9 Å². The second kappa shape index (κ2) is 8.81. The molecule has 0 unspecified atom stereocenters. The average Bonchev–Trinajstić information content (AvgIpc) is 2.74. The molecule has 6 heteroatoms. The number of nitrogens with one attached hydrogen (secondary N) is 2. The Labute approximate surface area is 163 Å². The van der Waals surface area contributed by atoms with E-state index in [1.54, 1.807) is 24.3 Å². The first-order valence-electron chi connectivity index (χ1n) is 8.91. The summed E-state index contributed by atoms with van der Waals surface area (Å²) in [7, 11) is 1.53. The third-order valence-corrected chi connectivity index (χ3v) is 4.23. The van der Waals surface area contributed by atoms with Crippen molar-refractivity contribution >= 4 is 23.2 Å². The first-order chi connectivity index (χ1) is 13.6. The fourth-order valence-corrected chi connectivity index (χ4v) is 2.66. The standard InChI is InChI=1S/C22H21N3O3/c1-3-15-8-10-17(11-9-15)24-21(26)16-12-13-23-19(14-16)22(27)25-18-6-4-5-7-20(18)28-2/h4-14H,3H2,1-2H3,(H,24,26)(H,25,27). The van der Waals surface area contributed by atoms with Crippen LogP contribution in [-0.2, 0) is 6.42 Å². The molecule has 6 nitrogen and oxygen atoms in total. The van der Waals surface area contributed by atoms with E-state index < -0.39 is 5.91 Å². The Morgan fingerprint density at radius 2 is 1.71 bits per heavy atom. The molecule has 0 radical (unpaired) electrons. The summed E-state index contributed by atoms with van der Waals surface area (Å²) in [5.74, 6) is -0.190. The number of pyridine rings is 1. The number of ether oxygens (including phenoxy) is 1. The molecule has 2 N–H and O–H groups in total. The molecule has 0 bridgehead atoms. The minimum absolute atomic E-state index is 0.139. The highest BCUT2D eigenvalue weighted by Gasteiger charge is 2.14. The number of nitrogens with zero attached hydrogens (tertiary/aromatic N) is 1. The quantitative estimate of drug-likeness (QED) is 0.678. The van der Waals surface area contributed by atoms with E-state index in [2.05, 4.69) is 22.5 Å². The molecule has 3 rings (SSSR count). The molecule has 0 fully saturated rings. The van der Waals surface area contributed by atoms with Gasteiger partial charge in [-0.3, -0.25) is 14.6 Å². The Morgan fingerprint density at radius 1 is 0.964 bits per heavy atom. The van der Waals surface area contributed by atoms with Crippen LogP contribution in [0.4, 0.5) is 11.4 Å². The lowest BCUT2D eigenvalue weighted by molar-refractivity contribution is 0.102. The van der Waals surface area contributed by atoms with E-state index in [9.17, 15) is 9.59 Å². The Morgan fingerprint density at radius 3 is 2.43 bits per heavy atom. The number of para-hydroxylation sites is 2. The lowest BCUT2D eigenvalue weighted by Crippen LogP contribution is -2.17. The molecule has 0 aliphatic heterocycles. The van der Waals surface area contributed by atoms with E-state index in [-0.39, 0.29) is 11.6 Å². The zero-order valence-corrected chi connectivity index (χ0v) is 15.7. The Bertz CT molecular complexity index is 984. The first-order valence-corrected chi connectivity index (χ1v) is 8.91. The smallest absolute Gasteiger partial charge is 0.274 e. The van der Waals surface area contributed by atoms with Gasteiger partial charge in [-0.15, -0.1) is 0 Å². The Hall–Kier alpha value is -3.67. The van der Waals surface area contributed by atoms with Gasteiger partial charge in [-0.05, 0) is 48.4 Å². The number of aromatic nitrogens is 1. The van der Waals surface area contributed by atoms with Crippen LogP contribution in [0.3, 0.4) is 0 Å². The van der Waals surface area contributed by atoms with Gasteiger partial charge in [-0.1, -0.05) is 31.2 Å². The summed E-state index contributed by atoms with van der Waals surface area (Å²) in [6, 6.07) is 17.7. The number of aryl methyl sites for hydroxylation is 1. The van der Waals surface area contributed by atoms with Crippen LogP contribution < -0.4 is 15.4 Å². The molecule has 0 aliphatic carbocycles. The molecule has 0 atom stereocenters. The molecule has 28 heavy (non-hydrogen) atoms. The van der Waals surface area contributed by atoms with Crippen LogP contribution >= 0.6 is 0 Å². The lowest BCUT2D eigenvalue weighted by Gasteiger charge is -2.10. The van der Waals surface area contributed by atoms with Crippen LogP contribution in [0, 0.1) is 0 Å². The summed E-state index contributed by atoms with van der Waals surface area (Å²) in [4.78, 5) is 29.1. The summed E-state index contributed by atoms with van der Waals surface area (Å²) in [5, 5.41) is 5.57. The number of carbonyl (C=O) groups excluding carboxylic acids is 2. The van der Waals surface area contributed by atoms with Crippen molar-refractivity contribution in [1.82, 2.24) is 4.98 Å². The molecule has 0 saturated heterocycles. The second-order valence-corrected chi connectivity index (χ2v) is 6.09. The van der Waals surface area contributed by atoms with Gasteiger partial charge in [0, 0.05) is 17.4 Å². The number of amides is 2. The molecule has 142 valence electrons. The summed E-state index contributed by atoms with van der Waals surface area (Å²) in [6.45, 7) is 2.07. The number of benzene rings is 2. The van der Waals surface area contributed by atoms with Gasteiger partial charge in [0.15, 0.2) is 0 Å². The monoisotopic (exact) mass is 375 g/mol. The van der Waals surface area contributed by atoms with Crippen LogP contribution in [-0.4, -0.2) is 23.9 Å². The largest absolute Gasteiger partial charge is 0.495 e. The number of hydrogen-bond acceptors (Lipinski definition) is 4. The van der Waals surface area contributed by atoms with Crippen LogP contribution in [0.1, 0.15) is 33.3 Å². The van der Waals surface area contributed by atoms with Gasteiger partial charge >= 0.3 is 0 Å². The van der Waals surface area contributed by atoms with Crippen LogP contribution in [0.25, 0.3) is 0 Å². The third kappa shape index (κ3) is 4.54. The summed E-state index contributed by atoms with van der Waals surface area (Å²) in [6.07, 6.45) is 2.37. The molecule has 0 saturated carbocycles. The van der Waals surface area contributed by atoms with Gasteiger partial charge in [-0.2, -0.15) is 0 Å². The SMILES string of the molecule is CCc1ccc(NC(=O)c2ccnc(C(=O)Nc3ccccc3OC)c2)cc1. The van der Waals surface area contributed by atoms with Crippen molar-refractivity contribution in [2.24, 2.45) is 0 Å². The van der Waals surface area contributed by atoms with Crippen LogP contribution in [0.15, 0.2) is 66.9 Å². The lowest BCUT2D eigenvalue weighted by atomic mass is 10.1. The van der Waals surface area contributed by atoms with E-state index in [4.69, 9.17) is 4.74 Å². The predicted molar refractivity (Wildman–Crippen MR) is 109 cm³/mol. The number of rotatable bonds is 6. The maximum absolute atomic E-state index is 12.5. The molecule has 0 spiro atoms. The summed E-state index contributed by atoms with van der Waals surface area (Å²) >= 11 is 0. The number of methoxy groups -OCH3 is 1. The molecule has 3 aromatic rings. The van der Waals surface area contributed by atoms with Crippen LogP contribution in [0.2, 0.25) is 0 Å². The number of hydrogen-bond donors (Lipinski definition) is 2. The minimum Gasteiger partial charge on any atom is -0.495 e. The van der Waals surface area contributed by atoms with E-state index in [0.717, 1.165) is 6.42 Å². The maximum atomic E-state index is 12.5. The van der Waals surface area contributed by atoms with Crippen molar-refractivity contribution in [2.75, 3.05) is 17.7 Å². The van der Waals surface area contributed by atoms with E-state index >= 15 is 0 Å². The second-order valence-electron chi connectivity index (χ2n) is 6.09. The van der Waals surface area contributed by atoms with Crippen molar-refractivity contribution in [3.63, 3.8) is 0 Å². The fraction of sp³-hybridized carbons (Fsp3) is 0.136. The summed E-state index contributed by atoms with van der Waals surface area (Å²) in [5.41, 5.74) is 2.90.